The average Bonchev–Trinajstić information content (AvgIpc) is 3.79. The van der Waals surface area contributed by atoms with Gasteiger partial charge in [0.15, 0.2) is 6.10 Å². The minimum atomic E-state index is -1.37. The molecular formula is C35H59N5O5. The first-order valence-electron chi connectivity index (χ1n) is 17.8. The van der Waals surface area contributed by atoms with Crippen molar-refractivity contribution < 1.29 is 24.3 Å². The van der Waals surface area contributed by atoms with E-state index in [9.17, 15) is 24.3 Å². The number of rotatable bonds is 11. The second-order valence-corrected chi connectivity index (χ2v) is 16.7. The van der Waals surface area contributed by atoms with E-state index in [4.69, 9.17) is 5.73 Å². The van der Waals surface area contributed by atoms with Gasteiger partial charge in [-0.15, -0.1) is 0 Å². The summed E-state index contributed by atoms with van der Waals surface area (Å²) >= 11 is 0. The Kier molecular flexibility index (Phi) is 9.44. The summed E-state index contributed by atoms with van der Waals surface area (Å²) in [5.41, 5.74) is 5.74. The minimum Gasteiger partial charge on any atom is -0.381 e. The van der Waals surface area contributed by atoms with Gasteiger partial charge in [-0.25, -0.2) is 0 Å². The van der Waals surface area contributed by atoms with Crippen LogP contribution in [0.25, 0.3) is 0 Å². The van der Waals surface area contributed by atoms with E-state index in [2.05, 4.69) is 29.8 Å². The maximum Gasteiger partial charge on any atom is 0.251 e. The summed E-state index contributed by atoms with van der Waals surface area (Å²) in [4.78, 5) is 56.8. The molecule has 5 rings (SSSR count). The highest BCUT2D eigenvalue weighted by molar-refractivity contribution is 5.95. The van der Waals surface area contributed by atoms with E-state index in [0.29, 0.717) is 25.8 Å². The van der Waals surface area contributed by atoms with E-state index in [1.807, 2.05) is 27.7 Å². The number of carbonyl (C=O) groups excluding carboxylic acids is 4. The van der Waals surface area contributed by atoms with E-state index in [1.54, 1.807) is 4.90 Å². The van der Waals surface area contributed by atoms with E-state index in [1.165, 1.54) is 0 Å². The van der Waals surface area contributed by atoms with Gasteiger partial charge in [-0.05, 0) is 73.5 Å². The molecule has 4 aliphatic carbocycles. The Labute approximate surface area is 269 Å². The molecule has 0 aromatic carbocycles. The van der Waals surface area contributed by atoms with Gasteiger partial charge in [0, 0.05) is 18.0 Å². The van der Waals surface area contributed by atoms with E-state index < -0.39 is 41.6 Å². The highest BCUT2D eigenvalue weighted by Gasteiger charge is 2.85. The first-order chi connectivity index (χ1) is 21.1. The molecule has 2 unspecified atom stereocenters. The van der Waals surface area contributed by atoms with Crippen molar-refractivity contribution in [3.05, 3.63) is 0 Å². The number of nitrogens with two attached hydrogens (primary N) is 1. The second-order valence-electron chi connectivity index (χ2n) is 16.7. The standard InChI is InChI=1S/C35H59N5O5/c1-7-12-23(26(41)30(44)37-22-15-16-22)38-28(42)24-19-35(33(5,6)34(35)17-11-18-34)20-40(24)31(45)27(32(2,3)4)39-29(43)25(36)21-13-9-8-10-14-21/h21-27,41H,7-20,36H2,1-6H3,(H,37,44)(H,38,42)(H,39,43)/t23-,24-,25-,26?,27?,35+/m0/s1. The van der Waals surface area contributed by atoms with Crippen molar-refractivity contribution >= 4 is 23.6 Å². The van der Waals surface area contributed by atoms with E-state index in [-0.39, 0.29) is 45.9 Å². The third-order valence-electron chi connectivity index (χ3n) is 12.8. The average molecular weight is 630 g/mol. The lowest BCUT2D eigenvalue weighted by molar-refractivity contribution is -0.145. The Hall–Kier alpha value is -2.20. The summed E-state index contributed by atoms with van der Waals surface area (Å²) in [6, 6.07) is -2.95. The summed E-state index contributed by atoms with van der Waals surface area (Å²) in [5.74, 6) is -1.27. The summed E-state index contributed by atoms with van der Waals surface area (Å²) in [7, 11) is 0. The predicted octanol–water partition coefficient (Wildman–Crippen LogP) is 3.15. The molecule has 5 fully saturated rings. The number of nitrogens with one attached hydrogen (secondary N) is 3. The van der Waals surface area contributed by atoms with Crippen molar-refractivity contribution in [3.8, 4) is 0 Å². The number of hydrogen-bond acceptors (Lipinski definition) is 6. The molecule has 1 heterocycles. The minimum absolute atomic E-state index is 0.0257. The molecule has 2 spiro atoms. The van der Waals surface area contributed by atoms with Crippen LogP contribution in [-0.4, -0.2) is 76.5 Å². The van der Waals surface area contributed by atoms with Crippen molar-refractivity contribution in [1.82, 2.24) is 20.9 Å². The molecule has 45 heavy (non-hydrogen) atoms. The summed E-state index contributed by atoms with van der Waals surface area (Å²) < 4.78 is 0. The number of fused-ring (bicyclic) bond motifs is 1. The third-order valence-corrected chi connectivity index (χ3v) is 12.8. The third kappa shape index (κ3) is 6.03. The fourth-order valence-corrected chi connectivity index (χ4v) is 9.42. The molecule has 0 bridgehead atoms. The number of likely N-dealkylation sites (tertiary alicyclic amines) is 1. The first-order valence-corrected chi connectivity index (χ1v) is 17.8. The van der Waals surface area contributed by atoms with Crippen LogP contribution in [-0.2, 0) is 19.2 Å². The second kappa shape index (κ2) is 12.4. The van der Waals surface area contributed by atoms with Crippen molar-refractivity contribution in [2.75, 3.05) is 6.54 Å². The lowest BCUT2D eigenvalue weighted by Crippen LogP contribution is -2.61. The summed E-state index contributed by atoms with van der Waals surface area (Å²) in [5, 5.41) is 19.9. The molecule has 0 aromatic rings. The largest absolute Gasteiger partial charge is 0.381 e. The molecule has 254 valence electrons. The van der Waals surface area contributed by atoms with Gasteiger partial charge in [-0.2, -0.15) is 0 Å². The van der Waals surface area contributed by atoms with Gasteiger partial charge in [0.1, 0.15) is 12.1 Å². The van der Waals surface area contributed by atoms with Gasteiger partial charge in [0.2, 0.25) is 17.7 Å². The van der Waals surface area contributed by atoms with Gasteiger partial charge in [-0.3, -0.25) is 19.2 Å². The molecule has 10 nitrogen and oxygen atoms in total. The van der Waals surface area contributed by atoms with Crippen LogP contribution >= 0.6 is 0 Å². The topological polar surface area (TPSA) is 154 Å². The Bertz CT molecular complexity index is 1150. The van der Waals surface area contributed by atoms with Gasteiger partial charge in [-0.1, -0.05) is 73.6 Å². The van der Waals surface area contributed by atoms with Gasteiger partial charge in [0.05, 0.1) is 12.1 Å². The Morgan fingerprint density at radius 2 is 1.58 bits per heavy atom. The van der Waals surface area contributed by atoms with Crippen LogP contribution in [0, 0.1) is 27.6 Å². The fraction of sp³-hybridized carbons (Fsp3) is 0.886. The lowest BCUT2D eigenvalue weighted by Gasteiger charge is -2.37. The predicted molar refractivity (Wildman–Crippen MR) is 173 cm³/mol. The van der Waals surface area contributed by atoms with Crippen molar-refractivity contribution in [3.63, 3.8) is 0 Å². The lowest BCUT2D eigenvalue weighted by atomic mass is 9.73. The van der Waals surface area contributed by atoms with Crippen LogP contribution in [0.15, 0.2) is 0 Å². The Morgan fingerprint density at radius 1 is 0.933 bits per heavy atom. The zero-order chi connectivity index (χ0) is 32.9. The molecular weight excluding hydrogens is 570 g/mol. The summed E-state index contributed by atoms with van der Waals surface area (Å²) in [6.45, 7) is 12.8. The van der Waals surface area contributed by atoms with Crippen molar-refractivity contribution in [2.24, 2.45) is 33.3 Å². The van der Waals surface area contributed by atoms with E-state index in [0.717, 1.165) is 64.2 Å². The number of aliphatic hydroxyl groups is 1. The molecule has 4 saturated carbocycles. The first kappa shape index (κ1) is 34.1. The molecule has 0 radical (unpaired) electrons. The van der Waals surface area contributed by atoms with Gasteiger partial charge in [0.25, 0.3) is 5.91 Å². The van der Waals surface area contributed by atoms with Crippen molar-refractivity contribution in [2.45, 2.75) is 161 Å². The number of amides is 4. The molecule has 6 atom stereocenters. The Balaban J connectivity index is 1.38. The fourth-order valence-electron chi connectivity index (χ4n) is 9.42. The highest BCUT2D eigenvalue weighted by atomic mass is 16.3. The summed E-state index contributed by atoms with van der Waals surface area (Å²) in [6.07, 6.45) is 10.5. The number of carbonyl (C=O) groups is 4. The van der Waals surface area contributed by atoms with Crippen molar-refractivity contribution in [1.29, 1.82) is 0 Å². The number of hydrogen-bond donors (Lipinski definition) is 5. The number of aliphatic hydroxyl groups excluding tert-OH is 1. The zero-order valence-corrected chi connectivity index (χ0v) is 28.5. The molecule has 10 heteroatoms. The molecule has 0 aromatic heterocycles. The van der Waals surface area contributed by atoms with Crippen LogP contribution in [0.2, 0.25) is 0 Å². The molecule has 1 saturated heterocycles. The SMILES string of the molecule is CCC[C@H](NC(=O)[C@@H]1C[C@@]2(CN1C(=O)C(NC(=O)[C@@H](N)C1CCCCC1)C(C)(C)C)C(C)(C)C21CCC1)C(O)C(=O)NC1CC1. The molecule has 5 aliphatic rings. The quantitative estimate of drug-likeness (QED) is 0.237. The normalized spacial score (nSPS) is 29.8. The van der Waals surface area contributed by atoms with Gasteiger partial charge >= 0.3 is 0 Å². The van der Waals surface area contributed by atoms with Crippen LogP contribution in [0.3, 0.4) is 0 Å². The monoisotopic (exact) mass is 629 g/mol. The maximum atomic E-state index is 14.6. The van der Waals surface area contributed by atoms with Crippen LogP contribution in [0.4, 0.5) is 0 Å². The van der Waals surface area contributed by atoms with Crippen LogP contribution in [0.1, 0.15) is 125 Å². The molecule has 6 N–H and O–H groups in total. The Morgan fingerprint density at radius 3 is 2.09 bits per heavy atom. The number of nitrogens with zero attached hydrogens (tertiary/aromatic N) is 1. The molecule has 1 aliphatic heterocycles. The zero-order valence-electron chi connectivity index (χ0n) is 28.5. The maximum absolute atomic E-state index is 14.6. The molecule has 4 amide bonds. The van der Waals surface area contributed by atoms with E-state index >= 15 is 0 Å². The van der Waals surface area contributed by atoms with Gasteiger partial charge < -0.3 is 31.7 Å². The van der Waals surface area contributed by atoms with Crippen LogP contribution < -0.4 is 21.7 Å². The van der Waals surface area contributed by atoms with Crippen LogP contribution in [0.5, 0.6) is 0 Å². The smallest absolute Gasteiger partial charge is 0.251 e. The highest BCUT2D eigenvalue weighted by Crippen LogP contribution is 2.88.